The number of halogens is 1. The Bertz CT molecular complexity index is 411. The van der Waals surface area contributed by atoms with Crippen molar-refractivity contribution in [2.24, 2.45) is 0 Å². The SMILES string of the molecule is CS(=O)(=O)Cc1ccc(Br)c(O)c1. The van der Waals surface area contributed by atoms with Gasteiger partial charge in [0, 0.05) is 6.26 Å². The first-order chi connectivity index (χ1) is 5.88. The van der Waals surface area contributed by atoms with Crippen molar-refractivity contribution in [3.8, 4) is 5.75 Å². The summed E-state index contributed by atoms with van der Waals surface area (Å²) in [5, 5.41) is 9.26. The molecule has 0 saturated carbocycles. The van der Waals surface area contributed by atoms with Crippen molar-refractivity contribution in [2.45, 2.75) is 5.75 Å². The lowest BCUT2D eigenvalue weighted by atomic mass is 10.2. The molecule has 5 heteroatoms. The van der Waals surface area contributed by atoms with Crippen LogP contribution in [0.25, 0.3) is 0 Å². The van der Waals surface area contributed by atoms with E-state index in [1.54, 1.807) is 12.1 Å². The minimum absolute atomic E-state index is 0.0478. The van der Waals surface area contributed by atoms with E-state index in [2.05, 4.69) is 15.9 Å². The molecule has 0 aliphatic rings. The van der Waals surface area contributed by atoms with Gasteiger partial charge in [0.2, 0.25) is 0 Å². The number of hydrogen-bond acceptors (Lipinski definition) is 3. The van der Waals surface area contributed by atoms with E-state index < -0.39 is 9.84 Å². The van der Waals surface area contributed by atoms with Crippen molar-refractivity contribution in [3.63, 3.8) is 0 Å². The quantitative estimate of drug-likeness (QED) is 0.885. The van der Waals surface area contributed by atoms with Gasteiger partial charge >= 0.3 is 0 Å². The van der Waals surface area contributed by atoms with Crippen molar-refractivity contribution in [1.82, 2.24) is 0 Å². The number of sulfone groups is 1. The molecule has 1 aromatic carbocycles. The summed E-state index contributed by atoms with van der Waals surface area (Å²) in [4.78, 5) is 0. The minimum Gasteiger partial charge on any atom is -0.507 e. The van der Waals surface area contributed by atoms with Gasteiger partial charge in [-0.15, -0.1) is 0 Å². The third-order valence-corrected chi connectivity index (χ3v) is 2.97. The lowest BCUT2D eigenvalue weighted by molar-refractivity contribution is 0.471. The highest BCUT2D eigenvalue weighted by Gasteiger charge is 2.06. The molecule has 1 aromatic rings. The third-order valence-electron chi connectivity index (χ3n) is 1.44. The van der Waals surface area contributed by atoms with E-state index in [9.17, 15) is 13.5 Å². The van der Waals surface area contributed by atoms with E-state index >= 15 is 0 Å². The molecular formula is C8H9BrO3S. The maximum Gasteiger partial charge on any atom is 0.151 e. The Morgan fingerprint density at radius 1 is 1.46 bits per heavy atom. The fourth-order valence-electron chi connectivity index (χ4n) is 0.951. The summed E-state index contributed by atoms with van der Waals surface area (Å²) < 4.78 is 22.4. The number of phenols is 1. The molecule has 0 heterocycles. The van der Waals surface area contributed by atoms with Crippen LogP contribution in [0.5, 0.6) is 5.75 Å². The molecule has 0 atom stereocenters. The van der Waals surface area contributed by atoms with Crippen LogP contribution >= 0.6 is 15.9 Å². The normalized spacial score (nSPS) is 11.5. The van der Waals surface area contributed by atoms with Crippen LogP contribution in [-0.4, -0.2) is 19.8 Å². The predicted octanol–water partition coefficient (Wildman–Crippen LogP) is 1.70. The number of benzene rings is 1. The average molecular weight is 265 g/mol. The Morgan fingerprint density at radius 3 is 2.54 bits per heavy atom. The van der Waals surface area contributed by atoms with Crippen LogP contribution in [-0.2, 0) is 15.6 Å². The number of phenolic OH excluding ortho intramolecular Hbond substituents is 1. The molecule has 1 rings (SSSR count). The number of rotatable bonds is 2. The van der Waals surface area contributed by atoms with Crippen LogP contribution in [0.15, 0.2) is 22.7 Å². The van der Waals surface area contributed by atoms with Gasteiger partial charge in [0.1, 0.15) is 5.75 Å². The first-order valence-corrected chi connectivity index (χ1v) is 6.39. The van der Waals surface area contributed by atoms with Crippen LogP contribution in [0, 0.1) is 0 Å². The van der Waals surface area contributed by atoms with Crippen molar-refractivity contribution in [1.29, 1.82) is 0 Å². The van der Waals surface area contributed by atoms with E-state index in [1.165, 1.54) is 6.07 Å². The zero-order valence-electron chi connectivity index (χ0n) is 6.99. The Kier molecular flexibility index (Phi) is 2.98. The van der Waals surface area contributed by atoms with Crippen LogP contribution in [0.2, 0.25) is 0 Å². The second-order valence-electron chi connectivity index (χ2n) is 2.86. The smallest absolute Gasteiger partial charge is 0.151 e. The molecule has 13 heavy (non-hydrogen) atoms. The topological polar surface area (TPSA) is 54.4 Å². The molecule has 0 spiro atoms. The molecule has 0 aromatic heterocycles. The van der Waals surface area contributed by atoms with Crippen molar-refractivity contribution in [3.05, 3.63) is 28.2 Å². The Morgan fingerprint density at radius 2 is 2.08 bits per heavy atom. The van der Waals surface area contributed by atoms with Gasteiger partial charge in [-0.3, -0.25) is 0 Å². The lowest BCUT2D eigenvalue weighted by Gasteiger charge is -2.01. The molecule has 0 bridgehead atoms. The summed E-state index contributed by atoms with van der Waals surface area (Å²) in [6, 6.07) is 4.71. The molecule has 0 saturated heterocycles. The molecule has 72 valence electrons. The van der Waals surface area contributed by atoms with Crippen LogP contribution in [0.1, 0.15) is 5.56 Å². The van der Waals surface area contributed by atoms with Gasteiger partial charge in [0.25, 0.3) is 0 Å². The summed E-state index contributed by atoms with van der Waals surface area (Å²) in [7, 11) is -3.03. The number of hydrogen-bond donors (Lipinski definition) is 1. The van der Waals surface area contributed by atoms with Crippen molar-refractivity contribution in [2.75, 3.05) is 6.26 Å². The largest absolute Gasteiger partial charge is 0.507 e. The van der Waals surface area contributed by atoms with Gasteiger partial charge in [-0.1, -0.05) is 6.07 Å². The van der Waals surface area contributed by atoms with E-state index in [0.717, 1.165) is 6.26 Å². The lowest BCUT2D eigenvalue weighted by Crippen LogP contribution is -2.00. The first-order valence-electron chi connectivity index (χ1n) is 3.53. The van der Waals surface area contributed by atoms with Crippen LogP contribution in [0.3, 0.4) is 0 Å². The molecule has 0 aliphatic carbocycles. The fraction of sp³-hybridized carbons (Fsp3) is 0.250. The third kappa shape index (κ3) is 3.36. The van der Waals surface area contributed by atoms with E-state index in [4.69, 9.17) is 0 Å². The average Bonchev–Trinajstić information content (AvgIpc) is 1.94. The molecule has 0 fully saturated rings. The molecule has 1 N–H and O–H groups in total. The van der Waals surface area contributed by atoms with Gasteiger partial charge in [0.05, 0.1) is 10.2 Å². The van der Waals surface area contributed by atoms with E-state index in [1.807, 2.05) is 0 Å². The van der Waals surface area contributed by atoms with Gasteiger partial charge in [-0.2, -0.15) is 0 Å². The van der Waals surface area contributed by atoms with Gasteiger partial charge in [0.15, 0.2) is 9.84 Å². The maximum absolute atomic E-state index is 10.9. The minimum atomic E-state index is -3.03. The standard InChI is InChI=1S/C8H9BrO3S/c1-13(11,12)5-6-2-3-7(9)8(10)4-6/h2-4,10H,5H2,1H3. The fourth-order valence-corrected chi connectivity index (χ4v) is 1.98. The molecule has 0 aliphatic heterocycles. The van der Waals surface area contributed by atoms with Gasteiger partial charge in [-0.05, 0) is 33.6 Å². The zero-order valence-corrected chi connectivity index (χ0v) is 9.39. The zero-order chi connectivity index (χ0) is 10.1. The monoisotopic (exact) mass is 264 g/mol. The summed E-state index contributed by atoms with van der Waals surface area (Å²) in [6.45, 7) is 0. The van der Waals surface area contributed by atoms with E-state index in [-0.39, 0.29) is 11.5 Å². The predicted molar refractivity (Wildman–Crippen MR) is 54.4 cm³/mol. The first kappa shape index (κ1) is 10.5. The summed E-state index contributed by atoms with van der Waals surface area (Å²) in [5.41, 5.74) is 0.586. The summed E-state index contributed by atoms with van der Waals surface area (Å²) in [6.07, 6.45) is 1.16. The Balaban J connectivity index is 2.99. The van der Waals surface area contributed by atoms with Crippen molar-refractivity contribution < 1.29 is 13.5 Å². The van der Waals surface area contributed by atoms with Gasteiger partial charge < -0.3 is 5.11 Å². The van der Waals surface area contributed by atoms with Crippen LogP contribution < -0.4 is 0 Å². The molecular weight excluding hydrogens is 256 g/mol. The second kappa shape index (κ2) is 3.67. The van der Waals surface area contributed by atoms with Gasteiger partial charge in [-0.25, -0.2) is 8.42 Å². The second-order valence-corrected chi connectivity index (χ2v) is 5.85. The maximum atomic E-state index is 10.9. The molecule has 0 amide bonds. The molecule has 3 nitrogen and oxygen atoms in total. The molecule has 0 unspecified atom stereocenters. The van der Waals surface area contributed by atoms with Crippen molar-refractivity contribution >= 4 is 25.8 Å². The summed E-state index contributed by atoms with van der Waals surface area (Å²) in [5.74, 6) is 0.00884. The van der Waals surface area contributed by atoms with Crippen LogP contribution in [0.4, 0.5) is 0 Å². The summed E-state index contributed by atoms with van der Waals surface area (Å²) >= 11 is 3.11. The van der Waals surface area contributed by atoms with E-state index in [0.29, 0.717) is 10.0 Å². The Labute approximate surface area is 85.4 Å². The number of aromatic hydroxyl groups is 1. The highest BCUT2D eigenvalue weighted by molar-refractivity contribution is 9.10. The molecule has 0 radical (unpaired) electrons. The highest BCUT2D eigenvalue weighted by Crippen LogP contribution is 2.24. The Hall–Kier alpha value is -0.550. The highest BCUT2D eigenvalue weighted by atomic mass is 79.9.